The van der Waals surface area contributed by atoms with Crippen molar-refractivity contribution in [3.05, 3.63) is 35.7 Å². The predicted molar refractivity (Wildman–Crippen MR) is 101 cm³/mol. The van der Waals surface area contributed by atoms with Crippen LogP contribution in [0.25, 0.3) is 5.57 Å². The second-order valence-electron chi connectivity index (χ2n) is 9.63. The molecule has 0 aromatic carbocycles. The maximum atomic E-state index is 6.13. The lowest BCUT2D eigenvalue weighted by atomic mass is 9.48. The molecule has 25 heavy (non-hydrogen) atoms. The summed E-state index contributed by atoms with van der Waals surface area (Å²) in [7, 11) is 0. The fraction of sp³-hybridized carbons (Fsp3) is 0.696. The molecule has 0 spiro atoms. The molecular weight excluding hydrogens is 306 g/mol. The van der Waals surface area contributed by atoms with E-state index in [2.05, 4.69) is 44.1 Å². The zero-order chi connectivity index (χ0) is 17.2. The van der Waals surface area contributed by atoms with E-state index in [0.29, 0.717) is 16.9 Å². The molecule has 2 nitrogen and oxygen atoms in total. The first-order chi connectivity index (χ1) is 12.0. The summed E-state index contributed by atoms with van der Waals surface area (Å²) in [4.78, 5) is 4.48. The van der Waals surface area contributed by atoms with Gasteiger partial charge in [-0.15, -0.1) is 0 Å². The molecule has 2 heteroatoms. The Morgan fingerprint density at radius 3 is 2.80 bits per heavy atom. The van der Waals surface area contributed by atoms with Gasteiger partial charge in [-0.05, 0) is 96.8 Å². The average molecular weight is 338 g/mol. The van der Waals surface area contributed by atoms with Gasteiger partial charge in [-0.1, -0.05) is 19.9 Å². The number of pyridine rings is 1. The van der Waals surface area contributed by atoms with Crippen LogP contribution in [0.2, 0.25) is 0 Å². The molecule has 0 radical (unpaired) electrons. The summed E-state index contributed by atoms with van der Waals surface area (Å²) in [6.07, 6.45) is 15.1. The van der Waals surface area contributed by atoms with Gasteiger partial charge in [-0.2, -0.15) is 0 Å². The topological polar surface area (TPSA) is 22.1 Å². The van der Waals surface area contributed by atoms with Crippen molar-refractivity contribution in [3.63, 3.8) is 0 Å². The highest BCUT2D eigenvalue weighted by atomic mass is 16.5. The molecule has 3 fully saturated rings. The SMILES string of the molecule is Cc1cncc(C2=CC[C@H]3[C@@H]4CCC5OCC[C@]5(C)[C@H]4CC[C@]23C)c1. The van der Waals surface area contributed by atoms with Gasteiger partial charge in [0, 0.05) is 19.0 Å². The van der Waals surface area contributed by atoms with Crippen LogP contribution in [0.15, 0.2) is 24.5 Å². The quantitative estimate of drug-likeness (QED) is 0.683. The lowest BCUT2D eigenvalue weighted by Gasteiger charge is -2.56. The number of ether oxygens (including phenoxy) is 1. The van der Waals surface area contributed by atoms with Crippen LogP contribution in [0.5, 0.6) is 0 Å². The van der Waals surface area contributed by atoms with Crippen LogP contribution in [0, 0.1) is 35.5 Å². The fourth-order valence-electron chi connectivity index (χ4n) is 7.18. The van der Waals surface area contributed by atoms with Crippen molar-refractivity contribution < 1.29 is 4.74 Å². The minimum Gasteiger partial charge on any atom is -0.378 e. The molecular formula is C23H31NO. The Kier molecular flexibility index (Phi) is 3.48. The third-order valence-corrected chi connectivity index (χ3v) is 8.51. The molecule has 0 N–H and O–H groups in total. The minimum atomic E-state index is 0.347. The summed E-state index contributed by atoms with van der Waals surface area (Å²) in [6, 6.07) is 2.33. The predicted octanol–water partition coefficient (Wildman–Crippen LogP) is 5.41. The van der Waals surface area contributed by atoms with Crippen molar-refractivity contribution >= 4 is 5.57 Å². The molecule has 1 aromatic rings. The number of nitrogens with zero attached hydrogens (tertiary/aromatic N) is 1. The summed E-state index contributed by atoms with van der Waals surface area (Å²) in [5.41, 5.74) is 5.02. The van der Waals surface area contributed by atoms with Gasteiger partial charge in [-0.25, -0.2) is 0 Å². The van der Waals surface area contributed by atoms with Gasteiger partial charge >= 0.3 is 0 Å². The zero-order valence-electron chi connectivity index (χ0n) is 15.9. The number of hydrogen-bond acceptors (Lipinski definition) is 2. The smallest absolute Gasteiger partial charge is 0.0632 e. The third kappa shape index (κ3) is 2.16. The van der Waals surface area contributed by atoms with Gasteiger partial charge in [0.1, 0.15) is 0 Å². The molecule has 1 aromatic heterocycles. The summed E-state index contributed by atoms with van der Waals surface area (Å²) in [5, 5.41) is 0. The van der Waals surface area contributed by atoms with Crippen molar-refractivity contribution in [2.45, 2.75) is 65.4 Å². The first-order valence-electron chi connectivity index (χ1n) is 10.3. The number of aryl methyl sites for hydroxylation is 1. The molecule has 2 saturated carbocycles. The second-order valence-corrected chi connectivity index (χ2v) is 9.63. The highest BCUT2D eigenvalue weighted by Crippen LogP contribution is 2.66. The van der Waals surface area contributed by atoms with Crippen LogP contribution >= 0.6 is 0 Å². The Labute approximate surface area is 152 Å². The summed E-state index contributed by atoms with van der Waals surface area (Å²) in [5.74, 6) is 2.57. The van der Waals surface area contributed by atoms with E-state index in [1.165, 1.54) is 49.7 Å². The van der Waals surface area contributed by atoms with Gasteiger partial charge in [-0.3, -0.25) is 4.98 Å². The minimum absolute atomic E-state index is 0.347. The van der Waals surface area contributed by atoms with Crippen molar-refractivity contribution in [3.8, 4) is 0 Å². The number of rotatable bonds is 1. The van der Waals surface area contributed by atoms with E-state index in [1.54, 1.807) is 5.57 Å². The highest BCUT2D eigenvalue weighted by Gasteiger charge is 2.59. The summed E-state index contributed by atoms with van der Waals surface area (Å²) in [6.45, 7) is 8.24. The van der Waals surface area contributed by atoms with E-state index >= 15 is 0 Å². The summed E-state index contributed by atoms with van der Waals surface area (Å²) >= 11 is 0. The first-order valence-corrected chi connectivity index (χ1v) is 10.3. The monoisotopic (exact) mass is 337 g/mol. The Morgan fingerprint density at radius 2 is 1.96 bits per heavy atom. The molecule has 1 unspecified atom stereocenters. The second kappa shape index (κ2) is 5.42. The largest absolute Gasteiger partial charge is 0.378 e. The van der Waals surface area contributed by atoms with E-state index in [4.69, 9.17) is 4.74 Å². The lowest BCUT2D eigenvalue weighted by Crippen LogP contribution is -2.51. The van der Waals surface area contributed by atoms with Gasteiger partial charge in [0.25, 0.3) is 0 Å². The van der Waals surface area contributed by atoms with Crippen molar-refractivity contribution in [1.29, 1.82) is 0 Å². The van der Waals surface area contributed by atoms with E-state index in [9.17, 15) is 0 Å². The van der Waals surface area contributed by atoms with Crippen LogP contribution in [-0.4, -0.2) is 17.7 Å². The molecule has 1 saturated heterocycles. The van der Waals surface area contributed by atoms with Crippen LogP contribution in [-0.2, 0) is 4.74 Å². The van der Waals surface area contributed by atoms with Gasteiger partial charge in [0.05, 0.1) is 6.10 Å². The van der Waals surface area contributed by atoms with Crippen LogP contribution in [0.3, 0.4) is 0 Å². The fourth-order valence-corrected chi connectivity index (χ4v) is 7.18. The number of hydrogen-bond donors (Lipinski definition) is 0. The van der Waals surface area contributed by atoms with E-state index in [1.807, 2.05) is 6.20 Å². The van der Waals surface area contributed by atoms with Gasteiger partial charge < -0.3 is 4.74 Å². The van der Waals surface area contributed by atoms with Crippen molar-refractivity contribution in [2.24, 2.45) is 28.6 Å². The molecule has 6 atom stereocenters. The highest BCUT2D eigenvalue weighted by molar-refractivity contribution is 5.72. The van der Waals surface area contributed by atoms with Crippen LogP contribution in [0.1, 0.15) is 63.5 Å². The molecule has 0 amide bonds. The lowest BCUT2D eigenvalue weighted by molar-refractivity contribution is -0.0889. The Morgan fingerprint density at radius 1 is 1.08 bits per heavy atom. The molecule has 134 valence electrons. The molecule has 4 aliphatic rings. The van der Waals surface area contributed by atoms with Gasteiger partial charge in [0.2, 0.25) is 0 Å². The Bertz CT molecular complexity index is 725. The Hall–Kier alpha value is -1.15. The first kappa shape index (κ1) is 16.1. The number of aromatic nitrogens is 1. The maximum Gasteiger partial charge on any atom is 0.0632 e. The standard InChI is InChI=1S/C23H31NO/c1-15-12-16(14-24-13-15)18-5-6-19-17-4-7-21-23(3,10-11-25-21)20(17)8-9-22(18,19)2/h5,12-14,17,19-21H,4,6-11H2,1-3H3/t17-,19-,20-,21?,22+,23+/m0/s1. The Balaban J connectivity index is 1.48. The van der Waals surface area contributed by atoms with E-state index in [0.717, 1.165) is 24.4 Å². The molecule has 0 bridgehead atoms. The van der Waals surface area contributed by atoms with Crippen molar-refractivity contribution in [2.75, 3.05) is 6.61 Å². The van der Waals surface area contributed by atoms with Crippen molar-refractivity contribution in [1.82, 2.24) is 4.98 Å². The number of allylic oxidation sites excluding steroid dienone is 2. The molecule has 5 rings (SSSR count). The van der Waals surface area contributed by atoms with E-state index in [-0.39, 0.29) is 0 Å². The van der Waals surface area contributed by atoms with Crippen LogP contribution in [0.4, 0.5) is 0 Å². The third-order valence-electron chi connectivity index (χ3n) is 8.51. The maximum absolute atomic E-state index is 6.13. The zero-order valence-corrected chi connectivity index (χ0v) is 15.9. The molecule has 3 aliphatic carbocycles. The summed E-state index contributed by atoms with van der Waals surface area (Å²) < 4.78 is 6.13. The average Bonchev–Trinajstić information content (AvgIpc) is 3.14. The van der Waals surface area contributed by atoms with Gasteiger partial charge in [0.15, 0.2) is 0 Å². The number of fused-ring (bicyclic) bond motifs is 5. The molecule has 1 aliphatic heterocycles. The van der Waals surface area contributed by atoms with Crippen LogP contribution < -0.4 is 0 Å². The molecule has 2 heterocycles. The normalized spacial score (nSPS) is 45.5. The van der Waals surface area contributed by atoms with E-state index < -0.39 is 0 Å².